The van der Waals surface area contributed by atoms with E-state index in [0.29, 0.717) is 23.8 Å². The molecular weight excluding hydrogens is 374 g/mol. The van der Waals surface area contributed by atoms with E-state index in [2.05, 4.69) is 6.08 Å². The van der Waals surface area contributed by atoms with E-state index in [-0.39, 0.29) is 19.1 Å². The average Bonchev–Trinajstić information content (AvgIpc) is 3.29. The SMILES string of the molecule is O=C(OCC(=O)N(Cc1ccco1)C1=CCCCC1)[C@H]1COc2ccccc2O1. The van der Waals surface area contributed by atoms with Gasteiger partial charge in [0.2, 0.25) is 6.10 Å². The fraction of sp³-hybridized carbons (Fsp3) is 0.364. The van der Waals surface area contributed by atoms with Crippen LogP contribution in [0.15, 0.2) is 58.9 Å². The Balaban J connectivity index is 1.37. The zero-order chi connectivity index (χ0) is 20.1. The van der Waals surface area contributed by atoms with E-state index >= 15 is 0 Å². The van der Waals surface area contributed by atoms with Crippen LogP contribution in [-0.2, 0) is 20.9 Å². The van der Waals surface area contributed by atoms with Crippen LogP contribution in [0.1, 0.15) is 31.4 Å². The number of para-hydroxylation sites is 2. The minimum absolute atomic E-state index is 0.0469. The topological polar surface area (TPSA) is 78.2 Å². The van der Waals surface area contributed by atoms with Crippen LogP contribution in [0.5, 0.6) is 11.5 Å². The molecular formula is C22H23NO6. The Morgan fingerprint density at radius 2 is 1.97 bits per heavy atom. The highest BCUT2D eigenvalue weighted by molar-refractivity contribution is 5.83. The minimum atomic E-state index is -0.898. The molecule has 1 aromatic heterocycles. The van der Waals surface area contributed by atoms with Gasteiger partial charge in [-0.25, -0.2) is 4.79 Å². The summed E-state index contributed by atoms with van der Waals surface area (Å²) in [6.45, 7) is -0.00464. The number of furan rings is 1. The van der Waals surface area contributed by atoms with Crippen molar-refractivity contribution in [2.45, 2.75) is 38.3 Å². The van der Waals surface area contributed by atoms with Gasteiger partial charge in [0, 0.05) is 5.70 Å². The molecule has 2 aromatic rings. The van der Waals surface area contributed by atoms with Gasteiger partial charge in [-0.3, -0.25) is 4.79 Å². The fourth-order valence-corrected chi connectivity index (χ4v) is 3.41. The van der Waals surface area contributed by atoms with Crippen LogP contribution in [-0.4, -0.2) is 36.1 Å². The van der Waals surface area contributed by atoms with Crippen LogP contribution in [0.4, 0.5) is 0 Å². The van der Waals surface area contributed by atoms with Gasteiger partial charge in [0.15, 0.2) is 18.1 Å². The number of ether oxygens (including phenoxy) is 3. The average molecular weight is 397 g/mol. The molecule has 7 heteroatoms. The molecule has 7 nitrogen and oxygen atoms in total. The maximum Gasteiger partial charge on any atom is 0.351 e. The fourth-order valence-electron chi connectivity index (χ4n) is 3.41. The molecule has 1 atom stereocenters. The van der Waals surface area contributed by atoms with Gasteiger partial charge in [-0.2, -0.15) is 0 Å². The summed E-state index contributed by atoms with van der Waals surface area (Å²) in [4.78, 5) is 26.9. The van der Waals surface area contributed by atoms with Gasteiger partial charge in [-0.1, -0.05) is 18.2 Å². The zero-order valence-electron chi connectivity index (χ0n) is 16.0. The lowest BCUT2D eigenvalue weighted by molar-refractivity contribution is -0.159. The van der Waals surface area contributed by atoms with E-state index in [0.717, 1.165) is 31.4 Å². The van der Waals surface area contributed by atoms with Crippen molar-refractivity contribution in [1.82, 2.24) is 4.90 Å². The molecule has 1 aliphatic heterocycles. The number of nitrogens with zero attached hydrogens (tertiary/aromatic N) is 1. The molecule has 29 heavy (non-hydrogen) atoms. The van der Waals surface area contributed by atoms with Crippen molar-refractivity contribution in [2.75, 3.05) is 13.2 Å². The summed E-state index contributed by atoms with van der Waals surface area (Å²) in [5.41, 5.74) is 0.944. The highest BCUT2D eigenvalue weighted by atomic mass is 16.6. The number of hydrogen-bond acceptors (Lipinski definition) is 6. The molecule has 0 unspecified atom stereocenters. The molecule has 0 fully saturated rings. The predicted octanol–water partition coefficient (Wildman–Crippen LogP) is 3.45. The first kappa shape index (κ1) is 19.1. The van der Waals surface area contributed by atoms with Gasteiger partial charge >= 0.3 is 5.97 Å². The van der Waals surface area contributed by atoms with Gasteiger partial charge in [0.25, 0.3) is 5.91 Å². The van der Waals surface area contributed by atoms with Gasteiger partial charge in [-0.05, 0) is 49.9 Å². The van der Waals surface area contributed by atoms with Crippen LogP contribution in [0.25, 0.3) is 0 Å². The standard InChI is InChI=1S/C22H23NO6/c24-21(23(13-17-9-6-12-26-17)16-7-2-1-3-8-16)15-28-22(25)20-14-27-18-10-4-5-11-19(18)29-20/h4-7,9-12,20H,1-3,8,13-15H2/t20-/m1/s1. The number of esters is 1. The summed E-state index contributed by atoms with van der Waals surface area (Å²) < 4.78 is 21.8. The molecule has 4 rings (SSSR count). The molecule has 2 aliphatic rings. The van der Waals surface area contributed by atoms with Crippen molar-refractivity contribution in [3.05, 3.63) is 60.2 Å². The Bertz CT molecular complexity index is 888. The lowest BCUT2D eigenvalue weighted by Crippen LogP contribution is -2.40. The Morgan fingerprint density at radius 1 is 1.10 bits per heavy atom. The van der Waals surface area contributed by atoms with Crippen LogP contribution in [0.2, 0.25) is 0 Å². The van der Waals surface area contributed by atoms with E-state index in [9.17, 15) is 9.59 Å². The molecule has 0 spiro atoms. The zero-order valence-corrected chi connectivity index (χ0v) is 16.0. The van der Waals surface area contributed by atoms with Crippen molar-refractivity contribution in [3.63, 3.8) is 0 Å². The second-order valence-corrected chi connectivity index (χ2v) is 6.97. The number of fused-ring (bicyclic) bond motifs is 1. The highest BCUT2D eigenvalue weighted by Gasteiger charge is 2.30. The quantitative estimate of drug-likeness (QED) is 0.695. The molecule has 0 radical (unpaired) electrons. The van der Waals surface area contributed by atoms with Gasteiger partial charge in [0.05, 0.1) is 12.8 Å². The Hall–Kier alpha value is -3.22. The molecule has 1 aliphatic carbocycles. The number of carbonyl (C=O) groups excluding carboxylic acids is 2. The van der Waals surface area contributed by atoms with E-state index in [1.807, 2.05) is 12.1 Å². The smallest absolute Gasteiger partial charge is 0.351 e. The molecule has 0 saturated heterocycles. The Labute approximate surface area is 168 Å². The first-order chi connectivity index (χ1) is 14.2. The number of rotatable bonds is 6. The number of carbonyl (C=O) groups is 2. The minimum Gasteiger partial charge on any atom is -0.485 e. The van der Waals surface area contributed by atoms with Crippen LogP contribution >= 0.6 is 0 Å². The molecule has 0 bridgehead atoms. The maximum absolute atomic E-state index is 12.8. The van der Waals surface area contributed by atoms with E-state index < -0.39 is 12.1 Å². The van der Waals surface area contributed by atoms with Gasteiger partial charge in [-0.15, -0.1) is 0 Å². The second kappa shape index (κ2) is 8.86. The number of allylic oxidation sites excluding steroid dienone is 2. The summed E-state index contributed by atoms with van der Waals surface area (Å²) in [6, 6.07) is 10.7. The van der Waals surface area contributed by atoms with E-state index in [1.54, 1.807) is 35.4 Å². The second-order valence-electron chi connectivity index (χ2n) is 6.97. The van der Waals surface area contributed by atoms with Gasteiger partial charge < -0.3 is 23.5 Å². The summed E-state index contributed by atoms with van der Waals surface area (Å²) in [7, 11) is 0. The predicted molar refractivity (Wildman–Crippen MR) is 103 cm³/mol. The Morgan fingerprint density at radius 3 is 2.72 bits per heavy atom. The van der Waals surface area contributed by atoms with Crippen molar-refractivity contribution in [1.29, 1.82) is 0 Å². The van der Waals surface area contributed by atoms with Crippen molar-refractivity contribution in [3.8, 4) is 11.5 Å². The first-order valence-corrected chi connectivity index (χ1v) is 9.77. The first-order valence-electron chi connectivity index (χ1n) is 9.77. The normalized spacial score (nSPS) is 17.9. The molecule has 152 valence electrons. The number of hydrogen-bond donors (Lipinski definition) is 0. The number of benzene rings is 1. The molecule has 1 amide bonds. The summed E-state index contributed by atoms with van der Waals surface area (Å²) >= 11 is 0. The summed E-state index contributed by atoms with van der Waals surface area (Å²) in [5, 5.41) is 0. The molecule has 0 N–H and O–H groups in total. The lowest BCUT2D eigenvalue weighted by Gasteiger charge is -2.28. The van der Waals surface area contributed by atoms with Crippen LogP contribution < -0.4 is 9.47 Å². The summed E-state index contributed by atoms with van der Waals surface area (Å²) in [6.07, 6.45) is 6.64. The number of amides is 1. The van der Waals surface area contributed by atoms with Gasteiger partial charge in [0.1, 0.15) is 12.4 Å². The van der Waals surface area contributed by atoms with E-state index in [4.69, 9.17) is 18.6 Å². The third kappa shape index (κ3) is 4.62. The van der Waals surface area contributed by atoms with Crippen LogP contribution in [0, 0.1) is 0 Å². The van der Waals surface area contributed by atoms with Crippen molar-refractivity contribution >= 4 is 11.9 Å². The largest absolute Gasteiger partial charge is 0.485 e. The van der Waals surface area contributed by atoms with E-state index in [1.165, 1.54) is 0 Å². The molecule has 2 heterocycles. The van der Waals surface area contributed by atoms with Crippen molar-refractivity contribution in [2.24, 2.45) is 0 Å². The highest BCUT2D eigenvalue weighted by Crippen LogP contribution is 2.31. The molecule has 1 aromatic carbocycles. The lowest BCUT2D eigenvalue weighted by atomic mass is 10.0. The Kier molecular flexibility index (Phi) is 5.84. The third-order valence-corrected chi connectivity index (χ3v) is 4.92. The molecule has 0 saturated carbocycles. The van der Waals surface area contributed by atoms with Crippen LogP contribution in [0.3, 0.4) is 0 Å². The summed E-state index contributed by atoms with van der Waals surface area (Å²) in [5.74, 6) is 0.834. The maximum atomic E-state index is 12.8. The third-order valence-electron chi connectivity index (χ3n) is 4.92. The van der Waals surface area contributed by atoms with Crippen molar-refractivity contribution < 1.29 is 28.2 Å². The monoisotopic (exact) mass is 397 g/mol.